The van der Waals surface area contributed by atoms with Crippen molar-refractivity contribution in [2.75, 3.05) is 4.90 Å². The molecule has 1 fully saturated rings. The number of benzene rings is 1. The van der Waals surface area contributed by atoms with Gasteiger partial charge in [-0.05, 0) is 52.8 Å². The maximum Gasteiger partial charge on any atom is 0.234 e. The van der Waals surface area contributed by atoms with Crippen LogP contribution in [0.3, 0.4) is 0 Å². The van der Waals surface area contributed by atoms with Gasteiger partial charge < -0.3 is 0 Å². The third kappa shape index (κ3) is 2.26. The quantitative estimate of drug-likeness (QED) is 0.587. The van der Waals surface area contributed by atoms with E-state index in [1.165, 1.54) is 4.90 Å². The van der Waals surface area contributed by atoms with Gasteiger partial charge in [0.1, 0.15) is 0 Å². The Bertz CT molecular complexity index is 409. The van der Waals surface area contributed by atoms with Crippen LogP contribution in [0.5, 0.6) is 0 Å². The van der Waals surface area contributed by atoms with Crippen molar-refractivity contribution in [1.82, 2.24) is 0 Å². The molecule has 0 spiro atoms. The van der Waals surface area contributed by atoms with Crippen LogP contribution in [-0.2, 0) is 9.59 Å². The smallest absolute Gasteiger partial charge is 0.234 e. The first-order valence-corrected chi connectivity index (χ1v) is 6.27. The Kier molecular flexibility index (Phi) is 3.28. The third-order valence-corrected chi connectivity index (χ3v) is 3.35. The summed E-state index contributed by atoms with van der Waals surface area (Å²) in [4.78, 5) is 24.9. The molecule has 0 radical (unpaired) electrons. The van der Waals surface area contributed by atoms with Crippen LogP contribution in [0, 0.1) is 9.49 Å². The van der Waals surface area contributed by atoms with E-state index in [4.69, 9.17) is 0 Å². The summed E-state index contributed by atoms with van der Waals surface area (Å²) in [7, 11) is 0. The summed E-state index contributed by atoms with van der Waals surface area (Å²) in [5, 5.41) is 0. The molecule has 1 saturated heterocycles. The minimum Gasteiger partial charge on any atom is -0.274 e. The Morgan fingerprint density at radius 3 is 2.12 bits per heavy atom. The highest BCUT2D eigenvalue weighted by Gasteiger charge is 2.31. The second kappa shape index (κ2) is 4.53. The number of carbonyl (C=O) groups excluding carboxylic acids is 2. The third-order valence-electron chi connectivity index (χ3n) is 2.63. The highest BCUT2D eigenvalue weighted by atomic mass is 127. The summed E-state index contributed by atoms with van der Waals surface area (Å²) < 4.78 is 1.09. The molecule has 16 heavy (non-hydrogen) atoms. The Labute approximate surface area is 108 Å². The fourth-order valence-corrected chi connectivity index (χ4v) is 2.23. The van der Waals surface area contributed by atoms with Gasteiger partial charge in [-0.25, -0.2) is 0 Å². The molecule has 1 aromatic carbocycles. The van der Waals surface area contributed by atoms with Crippen LogP contribution >= 0.6 is 22.6 Å². The van der Waals surface area contributed by atoms with Gasteiger partial charge in [-0.15, -0.1) is 0 Å². The predicted molar refractivity (Wildman–Crippen MR) is 70.1 cm³/mol. The average molecular weight is 329 g/mol. The van der Waals surface area contributed by atoms with Crippen molar-refractivity contribution in [2.24, 2.45) is 5.92 Å². The molecule has 4 heteroatoms. The van der Waals surface area contributed by atoms with Gasteiger partial charge in [0.05, 0.1) is 5.69 Å². The summed E-state index contributed by atoms with van der Waals surface area (Å²) in [6.45, 7) is 1.93. The van der Waals surface area contributed by atoms with Gasteiger partial charge in [0, 0.05) is 16.4 Å². The fourth-order valence-electron chi connectivity index (χ4n) is 1.87. The number of carbonyl (C=O) groups is 2. The van der Waals surface area contributed by atoms with E-state index in [9.17, 15) is 9.59 Å². The SMILES string of the molecule is CC1CC(=O)N(c2ccc(I)cc2)C(=O)C1. The first-order chi connectivity index (χ1) is 7.58. The Morgan fingerprint density at radius 1 is 1.12 bits per heavy atom. The van der Waals surface area contributed by atoms with E-state index in [1.807, 2.05) is 31.2 Å². The monoisotopic (exact) mass is 329 g/mol. The number of halogens is 1. The molecule has 1 aromatic rings. The first-order valence-electron chi connectivity index (χ1n) is 5.19. The molecule has 84 valence electrons. The Hall–Kier alpha value is -0.910. The van der Waals surface area contributed by atoms with Crippen molar-refractivity contribution in [2.45, 2.75) is 19.8 Å². The molecule has 3 nitrogen and oxygen atoms in total. The zero-order valence-electron chi connectivity index (χ0n) is 8.94. The van der Waals surface area contributed by atoms with E-state index in [0.29, 0.717) is 18.5 Å². The molecule has 0 bridgehead atoms. The number of amides is 2. The van der Waals surface area contributed by atoms with Gasteiger partial charge in [0.2, 0.25) is 11.8 Å². The van der Waals surface area contributed by atoms with E-state index < -0.39 is 0 Å². The van der Waals surface area contributed by atoms with Crippen LogP contribution in [0.15, 0.2) is 24.3 Å². The van der Waals surface area contributed by atoms with E-state index in [2.05, 4.69) is 22.6 Å². The lowest BCUT2D eigenvalue weighted by molar-refractivity contribution is -0.130. The molecular weight excluding hydrogens is 317 g/mol. The topological polar surface area (TPSA) is 37.4 Å². The molecule has 2 amide bonds. The van der Waals surface area contributed by atoms with E-state index >= 15 is 0 Å². The van der Waals surface area contributed by atoms with E-state index in [-0.39, 0.29) is 17.7 Å². The molecule has 1 aliphatic rings. The number of nitrogens with zero attached hydrogens (tertiary/aromatic N) is 1. The van der Waals surface area contributed by atoms with Crippen LogP contribution in [0.2, 0.25) is 0 Å². The normalized spacial score (nSPS) is 18.0. The van der Waals surface area contributed by atoms with Crippen molar-refractivity contribution in [3.8, 4) is 0 Å². The molecule has 0 N–H and O–H groups in total. The minimum absolute atomic E-state index is 0.0926. The maximum atomic E-state index is 11.8. The van der Waals surface area contributed by atoms with Gasteiger partial charge in [-0.3, -0.25) is 14.5 Å². The largest absolute Gasteiger partial charge is 0.274 e. The molecular formula is C12H12INO2. The van der Waals surface area contributed by atoms with Crippen LogP contribution in [0.4, 0.5) is 5.69 Å². The van der Waals surface area contributed by atoms with Gasteiger partial charge >= 0.3 is 0 Å². The summed E-state index contributed by atoms with van der Waals surface area (Å²) in [5.74, 6) is -0.0185. The molecule has 0 aromatic heterocycles. The summed E-state index contributed by atoms with van der Waals surface area (Å²) >= 11 is 2.19. The van der Waals surface area contributed by atoms with Crippen molar-refractivity contribution in [3.63, 3.8) is 0 Å². The van der Waals surface area contributed by atoms with E-state index in [1.54, 1.807) is 0 Å². The number of piperidine rings is 1. The Balaban J connectivity index is 2.29. The van der Waals surface area contributed by atoms with E-state index in [0.717, 1.165) is 3.57 Å². The summed E-state index contributed by atoms with van der Waals surface area (Å²) in [5.41, 5.74) is 0.683. The zero-order chi connectivity index (χ0) is 11.7. The molecule has 0 atom stereocenters. The fraction of sp³-hybridized carbons (Fsp3) is 0.333. The van der Waals surface area contributed by atoms with Crippen molar-refractivity contribution in [1.29, 1.82) is 0 Å². The molecule has 0 unspecified atom stereocenters. The molecule has 1 heterocycles. The average Bonchev–Trinajstić information content (AvgIpc) is 2.19. The van der Waals surface area contributed by atoms with Crippen LogP contribution in [0.1, 0.15) is 19.8 Å². The van der Waals surface area contributed by atoms with Gasteiger partial charge in [0.15, 0.2) is 0 Å². The van der Waals surface area contributed by atoms with Crippen LogP contribution < -0.4 is 4.90 Å². The number of rotatable bonds is 1. The predicted octanol–water partition coefficient (Wildman–Crippen LogP) is 2.58. The molecule has 0 aliphatic carbocycles. The second-order valence-corrected chi connectivity index (χ2v) is 5.36. The highest BCUT2D eigenvalue weighted by molar-refractivity contribution is 14.1. The number of hydrogen-bond acceptors (Lipinski definition) is 2. The maximum absolute atomic E-state index is 11.8. The standard InChI is InChI=1S/C12H12INO2/c1-8-6-11(15)14(12(16)7-8)10-4-2-9(13)3-5-10/h2-5,8H,6-7H2,1H3. The number of imide groups is 1. The molecule has 0 saturated carbocycles. The van der Waals surface area contributed by atoms with Crippen LogP contribution in [0.25, 0.3) is 0 Å². The summed E-state index contributed by atoms with van der Waals surface area (Å²) in [6.07, 6.45) is 0.912. The second-order valence-electron chi connectivity index (χ2n) is 4.11. The lowest BCUT2D eigenvalue weighted by Gasteiger charge is -2.28. The van der Waals surface area contributed by atoms with Crippen LogP contribution in [-0.4, -0.2) is 11.8 Å². The highest BCUT2D eigenvalue weighted by Crippen LogP contribution is 2.25. The lowest BCUT2D eigenvalue weighted by Crippen LogP contribution is -2.42. The van der Waals surface area contributed by atoms with Crippen molar-refractivity contribution >= 4 is 40.1 Å². The number of hydrogen-bond donors (Lipinski definition) is 0. The van der Waals surface area contributed by atoms with Crippen molar-refractivity contribution < 1.29 is 9.59 Å². The summed E-state index contributed by atoms with van der Waals surface area (Å²) in [6, 6.07) is 7.42. The first kappa shape index (κ1) is 11.6. The molecule has 1 aliphatic heterocycles. The lowest BCUT2D eigenvalue weighted by atomic mass is 9.97. The molecule has 2 rings (SSSR count). The Morgan fingerprint density at radius 2 is 1.62 bits per heavy atom. The van der Waals surface area contributed by atoms with Gasteiger partial charge in [0.25, 0.3) is 0 Å². The van der Waals surface area contributed by atoms with Gasteiger partial charge in [-0.2, -0.15) is 0 Å². The van der Waals surface area contributed by atoms with Gasteiger partial charge in [-0.1, -0.05) is 6.92 Å². The minimum atomic E-state index is -0.0926. The number of anilines is 1. The van der Waals surface area contributed by atoms with Crippen molar-refractivity contribution in [3.05, 3.63) is 27.8 Å². The zero-order valence-corrected chi connectivity index (χ0v) is 11.1.